The summed E-state index contributed by atoms with van der Waals surface area (Å²) >= 11 is 0. The van der Waals surface area contributed by atoms with Gasteiger partial charge in [0, 0.05) is 13.5 Å². The second-order valence-corrected chi connectivity index (χ2v) is 4.10. The van der Waals surface area contributed by atoms with Gasteiger partial charge >= 0.3 is 12.4 Å². The molecule has 0 unspecified atom stereocenters. The van der Waals surface area contributed by atoms with Gasteiger partial charge in [-0.2, -0.15) is 26.3 Å². The van der Waals surface area contributed by atoms with Gasteiger partial charge in [-0.1, -0.05) is 18.2 Å². The van der Waals surface area contributed by atoms with E-state index in [2.05, 4.69) is 5.32 Å². The van der Waals surface area contributed by atoms with E-state index in [-0.39, 0.29) is 6.54 Å². The van der Waals surface area contributed by atoms with E-state index < -0.39 is 35.0 Å². The van der Waals surface area contributed by atoms with E-state index in [0.717, 1.165) is 6.08 Å². The first-order valence-electron chi connectivity index (χ1n) is 5.72. The molecule has 0 heterocycles. The maximum atomic E-state index is 12.8. The van der Waals surface area contributed by atoms with Crippen LogP contribution in [-0.2, 0) is 17.1 Å². The number of halogens is 6. The van der Waals surface area contributed by atoms with Crippen LogP contribution >= 0.6 is 0 Å². The van der Waals surface area contributed by atoms with Gasteiger partial charge < -0.3 is 5.32 Å². The Kier molecular flexibility index (Phi) is 5.03. The van der Waals surface area contributed by atoms with Crippen molar-refractivity contribution in [3.05, 3.63) is 41.0 Å². The normalized spacial score (nSPS) is 12.7. The predicted octanol–water partition coefficient (Wildman–Crippen LogP) is 3.87. The Balaban J connectivity index is 3.27. The van der Waals surface area contributed by atoms with Gasteiger partial charge in [0.1, 0.15) is 0 Å². The number of amides is 1. The fourth-order valence-electron chi connectivity index (χ4n) is 1.62. The van der Waals surface area contributed by atoms with Crippen LogP contribution in [0.4, 0.5) is 26.3 Å². The average Bonchev–Trinajstić information content (AvgIpc) is 2.31. The maximum absolute atomic E-state index is 12.8. The third kappa shape index (κ3) is 4.80. The van der Waals surface area contributed by atoms with Crippen LogP contribution in [0, 0.1) is 0 Å². The molecule has 0 atom stereocenters. The van der Waals surface area contributed by atoms with E-state index >= 15 is 0 Å². The lowest BCUT2D eigenvalue weighted by Gasteiger charge is -2.16. The SMILES string of the molecule is CC(=O)NCC=Cc1c(C(F)(F)F)cccc1C(F)(F)F. The number of carbonyl (C=O) groups is 1. The van der Waals surface area contributed by atoms with Gasteiger partial charge in [-0.25, -0.2) is 0 Å². The van der Waals surface area contributed by atoms with E-state index in [1.165, 1.54) is 6.92 Å². The van der Waals surface area contributed by atoms with Crippen molar-refractivity contribution in [3.63, 3.8) is 0 Å². The average molecular weight is 311 g/mol. The Morgan fingerprint density at radius 3 is 1.95 bits per heavy atom. The number of alkyl halides is 6. The van der Waals surface area contributed by atoms with Crippen molar-refractivity contribution in [1.29, 1.82) is 0 Å². The zero-order valence-electron chi connectivity index (χ0n) is 10.8. The van der Waals surface area contributed by atoms with E-state index in [0.29, 0.717) is 24.3 Å². The van der Waals surface area contributed by atoms with Crippen LogP contribution in [0.3, 0.4) is 0 Å². The Bertz CT molecular complexity index is 512. The van der Waals surface area contributed by atoms with E-state index in [1.807, 2.05) is 0 Å². The molecule has 0 aliphatic carbocycles. The molecular weight excluding hydrogens is 300 g/mol. The van der Waals surface area contributed by atoms with Gasteiger partial charge in [-0.05, 0) is 17.7 Å². The monoisotopic (exact) mass is 311 g/mol. The molecular formula is C13H11F6NO. The molecule has 1 aromatic carbocycles. The lowest BCUT2D eigenvalue weighted by atomic mass is 9.99. The van der Waals surface area contributed by atoms with Crippen LogP contribution in [0.2, 0.25) is 0 Å². The molecule has 2 nitrogen and oxygen atoms in total. The van der Waals surface area contributed by atoms with Gasteiger partial charge in [-0.15, -0.1) is 0 Å². The van der Waals surface area contributed by atoms with Crippen LogP contribution in [-0.4, -0.2) is 12.5 Å². The number of nitrogens with one attached hydrogen (secondary N) is 1. The van der Waals surface area contributed by atoms with Crippen molar-refractivity contribution < 1.29 is 31.1 Å². The second-order valence-electron chi connectivity index (χ2n) is 4.10. The van der Waals surface area contributed by atoms with Crippen LogP contribution in [0.25, 0.3) is 6.08 Å². The quantitative estimate of drug-likeness (QED) is 0.844. The fraction of sp³-hybridized carbons (Fsp3) is 0.308. The highest BCUT2D eigenvalue weighted by Gasteiger charge is 2.39. The van der Waals surface area contributed by atoms with Crippen molar-refractivity contribution in [1.82, 2.24) is 5.32 Å². The lowest BCUT2D eigenvalue weighted by molar-refractivity contribution is -0.143. The highest BCUT2D eigenvalue weighted by molar-refractivity contribution is 5.73. The molecule has 0 saturated heterocycles. The lowest BCUT2D eigenvalue weighted by Crippen LogP contribution is -2.19. The zero-order valence-corrected chi connectivity index (χ0v) is 10.8. The zero-order chi connectivity index (χ0) is 16.3. The van der Waals surface area contributed by atoms with Crippen molar-refractivity contribution in [2.24, 2.45) is 0 Å². The standard InChI is InChI=1S/C13H11F6NO/c1-8(21)20-7-3-4-9-10(12(14,15)16)5-2-6-11(9)13(17,18)19/h2-6H,7H2,1H3,(H,20,21). The molecule has 8 heteroatoms. The number of carbonyl (C=O) groups excluding carboxylic acids is 1. The summed E-state index contributed by atoms with van der Waals surface area (Å²) in [7, 11) is 0. The summed E-state index contributed by atoms with van der Waals surface area (Å²) in [5, 5.41) is 2.24. The van der Waals surface area contributed by atoms with E-state index in [4.69, 9.17) is 0 Å². The number of hydrogen-bond donors (Lipinski definition) is 1. The Morgan fingerprint density at radius 1 is 1.10 bits per heavy atom. The third-order valence-electron chi connectivity index (χ3n) is 2.47. The first-order chi connectivity index (χ1) is 9.53. The summed E-state index contributed by atoms with van der Waals surface area (Å²) in [6, 6.07) is 1.86. The molecule has 1 amide bonds. The minimum absolute atomic E-state index is 0.168. The van der Waals surface area contributed by atoms with Gasteiger partial charge in [0.05, 0.1) is 11.1 Å². The fourth-order valence-corrected chi connectivity index (χ4v) is 1.62. The summed E-state index contributed by atoms with van der Waals surface area (Å²) in [5.74, 6) is -0.445. The molecule has 1 N–H and O–H groups in total. The maximum Gasteiger partial charge on any atom is 0.417 e. The predicted molar refractivity (Wildman–Crippen MR) is 64.2 cm³/mol. The smallest absolute Gasteiger partial charge is 0.353 e. The third-order valence-corrected chi connectivity index (χ3v) is 2.47. The van der Waals surface area contributed by atoms with Crippen molar-refractivity contribution in [3.8, 4) is 0 Å². The van der Waals surface area contributed by atoms with Crippen molar-refractivity contribution >= 4 is 12.0 Å². The molecule has 1 aromatic rings. The van der Waals surface area contributed by atoms with Crippen LogP contribution in [0.15, 0.2) is 24.3 Å². The minimum Gasteiger partial charge on any atom is -0.353 e. The van der Waals surface area contributed by atoms with Gasteiger partial charge in [0.15, 0.2) is 0 Å². The molecule has 0 saturated carbocycles. The Hall–Kier alpha value is -1.99. The molecule has 0 fully saturated rings. The van der Waals surface area contributed by atoms with E-state index in [9.17, 15) is 31.1 Å². The largest absolute Gasteiger partial charge is 0.417 e. The first-order valence-corrected chi connectivity index (χ1v) is 5.72. The van der Waals surface area contributed by atoms with Crippen molar-refractivity contribution in [2.45, 2.75) is 19.3 Å². The topological polar surface area (TPSA) is 29.1 Å². The highest BCUT2D eigenvalue weighted by Crippen LogP contribution is 2.39. The Morgan fingerprint density at radius 2 is 1.57 bits per heavy atom. The Labute approximate surface area is 116 Å². The minimum atomic E-state index is -4.91. The van der Waals surface area contributed by atoms with Crippen molar-refractivity contribution in [2.75, 3.05) is 6.54 Å². The molecule has 1 rings (SSSR count). The molecule has 21 heavy (non-hydrogen) atoms. The highest BCUT2D eigenvalue weighted by atomic mass is 19.4. The summed E-state index contributed by atoms with van der Waals surface area (Å²) in [4.78, 5) is 10.6. The molecule has 116 valence electrons. The second kappa shape index (κ2) is 6.19. The van der Waals surface area contributed by atoms with Gasteiger partial charge in [-0.3, -0.25) is 4.79 Å². The van der Waals surface area contributed by atoms with Crippen LogP contribution < -0.4 is 5.32 Å². The summed E-state index contributed by atoms with van der Waals surface area (Å²) in [6.07, 6.45) is -8.08. The van der Waals surface area contributed by atoms with Gasteiger partial charge in [0.25, 0.3) is 0 Å². The molecule has 0 spiro atoms. The number of rotatable bonds is 3. The molecule has 0 aliphatic rings. The van der Waals surface area contributed by atoms with E-state index in [1.54, 1.807) is 0 Å². The molecule has 0 radical (unpaired) electrons. The first kappa shape index (κ1) is 17.1. The summed E-state index contributed by atoms with van der Waals surface area (Å²) < 4.78 is 76.7. The number of hydrogen-bond acceptors (Lipinski definition) is 1. The van der Waals surface area contributed by atoms with Crippen LogP contribution in [0.1, 0.15) is 23.6 Å². The summed E-state index contributed by atoms with van der Waals surface area (Å²) in [5.41, 5.74) is -3.73. The number of benzene rings is 1. The molecule has 0 bridgehead atoms. The van der Waals surface area contributed by atoms with Crippen LogP contribution in [0.5, 0.6) is 0 Å². The molecule has 0 aromatic heterocycles. The molecule has 0 aliphatic heterocycles. The summed E-state index contributed by atoms with van der Waals surface area (Å²) in [6.45, 7) is 1.01. The van der Waals surface area contributed by atoms with Gasteiger partial charge in [0.2, 0.25) is 5.91 Å².